The molecule has 0 atom stereocenters. The van der Waals surface area contributed by atoms with Crippen LogP contribution in [0.5, 0.6) is 11.5 Å². The fourth-order valence-electron chi connectivity index (χ4n) is 2.57. The fraction of sp³-hybridized carbons (Fsp3) is 0.174. The summed E-state index contributed by atoms with van der Waals surface area (Å²) in [4.78, 5) is 13.5. The fourth-order valence-corrected chi connectivity index (χ4v) is 2.97. The first kappa shape index (κ1) is 19.8. The van der Waals surface area contributed by atoms with E-state index < -0.39 is 0 Å². The van der Waals surface area contributed by atoms with Gasteiger partial charge in [-0.15, -0.1) is 11.8 Å². The molecular weight excluding hydrogens is 370 g/mol. The smallest absolute Gasteiger partial charge is 0.251 e. The number of ether oxygens (including phenoxy) is 2. The van der Waals surface area contributed by atoms with Crippen molar-refractivity contribution in [3.63, 3.8) is 0 Å². The summed E-state index contributed by atoms with van der Waals surface area (Å²) in [6.07, 6.45) is 2.04. The molecular formula is C23H23NO3S. The van der Waals surface area contributed by atoms with Crippen molar-refractivity contribution in [3.8, 4) is 11.5 Å². The van der Waals surface area contributed by atoms with Crippen molar-refractivity contribution in [2.75, 3.05) is 19.5 Å². The van der Waals surface area contributed by atoms with Crippen LogP contribution in [0.1, 0.15) is 15.9 Å². The van der Waals surface area contributed by atoms with E-state index in [2.05, 4.69) is 17.4 Å². The number of nitrogens with one attached hydrogen (secondary N) is 1. The highest BCUT2D eigenvalue weighted by atomic mass is 32.2. The Labute approximate surface area is 169 Å². The van der Waals surface area contributed by atoms with Gasteiger partial charge in [-0.25, -0.2) is 0 Å². The van der Waals surface area contributed by atoms with Crippen LogP contribution in [0.3, 0.4) is 0 Å². The Morgan fingerprint density at radius 2 is 1.43 bits per heavy atom. The Bertz CT molecular complexity index is 865. The van der Waals surface area contributed by atoms with E-state index in [9.17, 15) is 4.79 Å². The van der Waals surface area contributed by atoms with E-state index in [1.54, 1.807) is 36.0 Å². The molecule has 3 aromatic rings. The lowest BCUT2D eigenvalue weighted by molar-refractivity contribution is 0.0951. The molecule has 0 heterocycles. The van der Waals surface area contributed by atoms with Crippen LogP contribution in [0.25, 0.3) is 0 Å². The highest BCUT2D eigenvalue weighted by molar-refractivity contribution is 7.98. The van der Waals surface area contributed by atoms with Crippen molar-refractivity contribution in [2.24, 2.45) is 0 Å². The van der Waals surface area contributed by atoms with Crippen molar-refractivity contribution < 1.29 is 14.3 Å². The Hall–Kier alpha value is -2.92. The van der Waals surface area contributed by atoms with E-state index in [0.29, 0.717) is 31.1 Å². The molecule has 0 bridgehead atoms. The molecule has 3 aromatic carbocycles. The molecule has 0 aliphatic heterocycles. The zero-order valence-electron chi connectivity index (χ0n) is 15.8. The molecule has 1 amide bonds. The summed E-state index contributed by atoms with van der Waals surface area (Å²) in [6, 6.07) is 24.9. The second-order valence-electron chi connectivity index (χ2n) is 6.07. The largest absolute Gasteiger partial charge is 0.490 e. The van der Waals surface area contributed by atoms with E-state index in [1.807, 2.05) is 48.7 Å². The number of hydrogen-bond donors (Lipinski definition) is 1. The van der Waals surface area contributed by atoms with E-state index in [-0.39, 0.29) is 5.91 Å². The Balaban J connectivity index is 1.41. The first-order valence-electron chi connectivity index (χ1n) is 9.06. The lowest BCUT2D eigenvalue weighted by Gasteiger charge is -2.09. The zero-order chi connectivity index (χ0) is 19.6. The average Bonchev–Trinajstić information content (AvgIpc) is 2.76. The maximum atomic E-state index is 12.3. The molecule has 0 aliphatic carbocycles. The predicted octanol–water partition coefficient (Wildman–Crippen LogP) is 4.80. The maximum Gasteiger partial charge on any atom is 0.251 e. The minimum Gasteiger partial charge on any atom is -0.490 e. The molecule has 0 aliphatic rings. The number of carbonyl (C=O) groups is 1. The molecule has 0 radical (unpaired) electrons. The predicted molar refractivity (Wildman–Crippen MR) is 113 cm³/mol. The number of rotatable bonds is 9. The van der Waals surface area contributed by atoms with Crippen molar-refractivity contribution in [3.05, 3.63) is 90.0 Å². The number of benzene rings is 3. The molecule has 0 saturated carbocycles. The minimum absolute atomic E-state index is 0.104. The van der Waals surface area contributed by atoms with E-state index in [1.165, 1.54) is 4.90 Å². The van der Waals surface area contributed by atoms with Crippen molar-refractivity contribution >= 4 is 17.7 Å². The third kappa shape index (κ3) is 6.06. The van der Waals surface area contributed by atoms with Crippen molar-refractivity contribution in [1.82, 2.24) is 5.32 Å². The molecule has 144 valence electrons. The Morgan fingerprint density at radius 3 is 2.04 bits per heavy atom. The summed E-state index contributed by atoms with van der Waals surface area (Å²) in [5.74, 6) is 1.43. The number of hydrogen-bond acceptors (Lipinski definition) is 4. The van der Waals surface area contributed by atoms with Gasteiger partial charge >= 0.3 is 0 Å². The lowest BCUT2D eigenvalue weighted by Crippen LogP contribution is -2.22. The van der Waals surface area contributed by atoms with Crippen LogP contribution in [0.4, 0.5) is 0 Å². The van der Waals surface area contributed by atoms with Gasteiger partial charge in [-0.2, -0.15) is 0 Å². The lowest BCUT2D eigenvalue weighted by atomic mass is 10.2. The van der Waals surface area contributed by atoms with Gasteiger partial charge in [-0.1, -0.05) is 30.3 Å². The topological polar surface area (TPSA) is 47.6 Å². The van der Waals surface area contributed by atoms with E-state index in [0.717, 1.165) is 11.3 Å². The summed E-state index contributed by atoms with van der Waals surface area (Å²) < 4.78 is 11.2. The summed E-state index contributed by atoms with van der Waals surface area (Å²) in [6.45, 7) is 1.40. The van der Waals surface area contributed by atoms with Crippen LogP contribution in [-0.2, 0) is 6.54 Å². The molecule has 0 spiro atoms. The monoisotopic (exact) mass is 393 g/mol. The number of amides is 1. The van der Waals surface area contributed by atoms with Crippen LogP contribution in [0.2, 0.25) is 0 Å². The molecule has 0 saturated heterocycles. The van der Waals surface area contributed by atoms with Crippen molar-refractivity contribution in [2.45, 2.75) is 11.4 Å². The van der Waals surface area contributed by atoms with Crippen LogP contribution in [-0.4, -0.2) is 25.4 Å². The Kier molecular flexibility index (Phi) is 7.38. The van der Waals surface area contributed by atoms with Gasteiger partial charge in [0.1, 0.15) is 24.7 Å². The third-order valence-corrected chi connectivity index (χ3v) is 4.84. The zero-order valence-corrected chi connectivity index (χ0v) is 16.6. The van der Waals surface area contributed by atoms with E-state index >= 15 is 0 Å². The molecule has 0 unspecified atom stereocenters. The molecule has 28 heavy (non-hydrogen) atoms. The second kappa shape index (κ2) is 10.4. The van der Waals surface area contributed by atoms with Crippen LogP contribution in [0.15, 0.2) is 83.8 Å². The van der Waals surface area contributed by atoms with Gasteiger partial charge < -0.3 is 14.8 Å². The van der Waals surface area contributed by atoms with Gasteiger partial charge in [0.15, 0.2) is 0 Å². The number of carbonyl (C=O) groups excluding carboxylic acids is 1. The average molecular weight is 394 g/mol. The number of thioether (sulfide) groups is 1. The van der Waals surface area contributed by atoms with Gasteiger partial charge in [0.25, 0.3) is 5.91 Å². The quantitative estimate of drug-likeness (QED) is 0.419. The summed E-state index contributed by atoms with van der Waals surface area (Å²) in [5, 5.41) is 2.94. The molecule has 3 rings (SSSR count). The maximum absolute atomic E-state index is 12.3. The van der Waals surface area contributed by atoms with Gasteiger partial charge in [-0.3, -0.25) is 4.79 Å². The standard InChI is InChI=1S/C23H23NO3S/c1-28-22-13-7-18(8-14-22)17-24-23(25)19-9-11-21(12-10-19)27-16-15-26-20-5-3-2-4-6-20/h2-14H,15-17H2,1H3,(H,24,25). The van der Waals surface area contributed by atoms with E-state index in [4.69, 9.17) is 9.47 Å². The van der Waals surface area contributed by atoms with Crippen LogP contribution in [0, 0.1) is 0 Å². The minimum atomic E-state index is -0.104. The Morgan fingerprint density at radius 1 is 0.821 bits per heavy atom. The summed E-state index contributed by atoms with van der Waals surface area (Å²) in [5.41, 5.74) is 1.68. The summed E-state index contributed by atoms with van der Waals surface area (Å²) >= 11 is 1.70. The third-order valence-electron chi connectivity index (χ3n) is 4.09. The highest BCUT2D eigenvalue weighted by Gasteiger charge is 2.06. The molecule has 4 nitrogen and oxygen atoms in total. The van der Waals surface area contributed by atoms with Crippen molar-refractivity contribution in [1.29, 1.82) is 0 Å². The second-order valence-corrected chi connectivity index (χ2v) is 6.94. The first-order chi connectivity index (χ1) is 13.7. The van der Waals surface area contributed by atoms with Gasteiger partial charge in [0.05, 0.1) is 0 Å². The van der Waals surface area contributed by atoms with Crippen LogP contribution >= 0.6 is 11.8 Å². The summed E-state index contributed by atoms with van der Waals surface area (Å²) in [7, 11) is 0. The molecule has 1 N–H and O–H groups in total. The molecule has 5 heteroatoms. The van der Waals surface area contributed by atoms with Gasteiger partial charge in [0, 0.05) is 17.0 Å². The van der Waals surface area contributed by atoms with Crippen LogP contribution < -0.4 is 14.8 Å². The SMILES string of the molecule is CSc1ccc(CNC(=O)c2ccc(OCCOc3ccccc3)cc2)cc1. The molecule has 0 fully saturated rings. The first-order valence-corrected chi connectivity index (χ1v) is 10.3. The number of para-hydroxylation sites is 1. The highest BCUT2D eigenvalue weighted by Crippen LogP contribution is 2.15. The van der Waals surface area contributed by atoms with Gasteiger partial charge in [-0.05, 0) is 60.4 Å². The molecule has 0 aromatic heterocycles. The van der Waals surface area contributed by atoms with Gasteiger partial charge in [0.2, 0.25) is 0 Å². The normalized spacial score (nSPS) is 10.3.